The van der Waals surface area contributed by atoms with E-state index in [9.17, 15) is 9.59 Å². The fraction of sp³-hybridized carbons (Fsp3) is 0.857. The quantitative estimate of drug-likeness (QED) is 0.813. The average Bonchev–Trinajstić information content (AvgIpc) is 2.35. The summed E-state index contributed by atoms with van der Waals surface area (Å²) in [6.07, 6.45) is 1.11. The number of likely N-dealkylation sites (tertiary alicyclic amines) is 1. The van der Waals surface area contributed by atoms with Crippen LogP contribution in [-0.2, 0) is 9.53 Å². The summed E-state index contributed by atoms with van der Waals surface area (Å²) in [6.45, 7) is 9.03. The fourth-order valence-corrected chi connectivity index (χ4v) is 2.13. The molecule has 1 aliphatic heterocycles. The van der Waals surface area contributed by atoms with Crippen LogP contribution in [0.15, 0.2) is 0 Å². The maximum Gasteiger partial charge on any atom is 0.407 e. The van der Waals surface area contributed by atoms with Crippen LogP contribution in [0.5, 0.6) is 0 Å². The highest BCUT2D eigenvalue weighted by atomic mass is 16.6. The molecule has 0 saturated carbocycles. The number of piperidine rings is 1. The molecule has 1 heterocycles. The molecule has 0 radical (unpaired) electrons. The molecule has 3 N–H and O–H groups in total. The molecule has 116 valence electrons. The first-order valence-electron chi connectivity index (χ1n) is 7.21. The van der Waals surface area contributed by atoms with Crippen molar-refractivity contribution >= 4 is 12.0 Å². The zero-order chi connectivity index (χ0) is 15.3. The van der Waals surface area contributed by atoms with Crippen molar-refractivity contribution in [1.82, 2.24) is 10.2 Å². The minimum absolute atomic E-state index is 0.0714. The van der Waals surface area contributed by atoms with Crippen LogP contribution in [0.25, 0.3) is 0 Å². The first-order chi connectivity index (χ1) is 9.23. The predicted molar refractivity (Wildman–Crippen MR) is 77.2 cm³/mol. The molecule has 6 nitrogen and oxygen atoms in total. The molecule has 0 spiro atoms. The standard InChI is InChI=1S/C14H27N3O3/c1-10(9-15)12(18)17-7-5-11(6-8-17)16-13(19)20-14(2,3)4/h10-11H,5-9,15H2,1-4H3,(H,16,19). The van der Waals surface area contributed by atoms with Gasteiger partial charge in [0.05, 0.1) is 0 Å². The highest BCUT2D eigenvalue weighted by molar-refractivity contribution is 5.78. The van der Waals surface area contributed by atoms with Crippen LogP contribution in [0.3, 0.4) is 0 Å². The molecule has 20 heavy (non-hydrogen) atoms. The first kappa shape index (κ1) is 16.8. The average molecular weight is 285 g/mol. The summed E-state index contributed by atoms with van der Waals surface area (Å²) in [7, 11) is 0. The smallest absolute Gasteiger partial charge is 0.407 e. The summed E-state index contributed by atoms with van der Waals surface area (Å²) in [6, 6.07) is 0.0714. The Kier molecular flexibility index (Phi) is 5.80. The second kappa shape index (κ2) is 6.92. The molecule has 1 atom stereocenters. The number of amides is 2. The maximum absolute atomic E-state index is 12.0. The van der Waals surface area contributed by atoms with E-state index in [1.54, 1.807) is 0 Å². The van der Waals surface area contributed by atoms with Crippen LogP contribution in [0.4, 0.5) is 4.79 Å². The van der Waals surface area contributed by atoms with E-state index < -0.39 is 11.7 Å². The van der Waals surface area contributed by atoms with E-state index >= 15 is 0 Å². The van der Waals surface area contributed by atoms with E-state index in [0.29, 0.717) is 19.6 Å². The maximum atomic E-state index is 12.0. The van der Waals surface area contributed by atoms with Gasteiger partial charge >= 0.3 is 6.09 Å². The highest BCUT2D eigenvalue weighted by Crippen LogP contribution is 2.14. The number of rotatable bonds is 3. The summed E-state index contributed by atoms with van der Waals surface area (Å²) in [5.41, 5.74) is 5.02. The molecule has 0 aromatic carbocycles. The van der Waals surface area contributed by atoms with Crippen LogP contribution >= 0.6 is 0 Å². The lowest BCUT2D eigenvalue weighted by molar-refractivity contribution is -0.135. The van der Waals surface area contributed by atoms with E-state index in [1.807, 2.05) is 32.6 Å². The summed E-state index contributed by atoms with van der Waals surface area (Å²) in [5, 5.41) is 2.85. The van der Waals surface area contributed by atoms with Gasteiger partial charge < -0.3 is 20.7 Å². The molecule has 0 bridgehead atoms. The molecule has 0 aromatic heterocycles. The van der Waals surface area contributed by atoms with Crippen molar-refractivity contribution in [3.63, 3.8) is 0 Å². The van der Waals surface area contributed by atoms with Gasteiger partial charge in [-0.1, -0.05) is 6.92 Å². The molecule has 0 aromatic rings. The zero-order valence-corrected chi connectivity index (χ0v) is 12.9. The van der Waals surface area contributed by atoms with E-state index in [1.165, 1.54) is 0 Å². The Morgan fingerprint density at radius 1 is 1.35 bits per heavy atom. The third-order valence-corrected chi connectivity index (χ3v) is 3.30. The number of alkyl carbamates (subject to hydrolysis) is 1. The van der Waals surface area contributed by atoms with Gasteiger partial charge in [-0.2, -0.15) is 0 Å². The predicted octanol–water partition coefficient (Wildman–Crippen LogP) is 1.10. The van der Waals surface area contributed by atoms with Gasteiger partial charge in [0.1, 0.15) is 5.60 Å². The number of nitrogens with two attached hydrogens (primary N) is 1. The lowest BCUT2D eigenvalue weighted by Crippen LogP contribution is -2.49. The van der Waals surface area contributed by atoms with Crippen molar-refractivity contribution in [2.75, 3.05) is 19.6 Å². The van der Waals surface area contributed by atoms with Gasteiger partial charge in [-0.15, -0.1) is 0 Å². The van der Waals surface area contributed by atoms with Crippen LogP contribution in [-0.4, -0.2) is 48.2 Å². The van der Waals surface area contributed by atoms with Crippen LogP contribution < -0.4 is 11.1 Å². The Balaban J connectivity index is 2.36. The van der Waals surface area contributed by atoms with E-state index in [0.717, 1.165) is 12.8 Å². The normalized spacial score (nSPS) is 18.6. The minimum Gasteiger partial charge on any atom is -0.444 e. The second-order valence-electron chi connectivity index (χ2n) is 6.38. The molecular formula is C14H27N3O3. The van der Waals surface area contributed by atoms with Gasteiger partial charge in [0, 0.05) is 31.6 Å². The summed E-state index contributed by atoms with van der Waals surface area (Å²) in [5.74, 6) is -0.0337. The van der Waals surface area contributed by atoms with Crippen molar-refractivity contribution in [1.29, 1.82) is 0 Å². The molecule has 1 aliphatic rings. The number of carbonyl (C=O) groups excluding carboxylic acids is 2. The Hall–Kier alpha value is -1.30. The van der Waals surface area contributed by atoms with Crippen molar-refractivity contribution in [3.05, 3.63) is 0 Å². The van der Waals surface area contributed by atoms with Gasteiger partial charge in [0.25, 0.3) is 0 Å². The van der Waals surface area contributed by atoms with Gasteiger partial charge in [-0.3, -0.25) is 4.79 Å². The molecule has 1 saturated heterocycles. The second-order valence-corrected chi connectivity index (χ2v) is 6.38. The number of hydrogen-bond acceptors (Lipinski definition) is 4. The zero-order valence-electron chi connectivity index (χ0n) is 12.9. The van der Waals surface area contributed by atoms with Crippen molar-refractivity contribution in [2.24, 2.45) is 11.7 Å². The highest BCUT2D eigenvalue weighted by Gasteiger charge is 2.27. The lowest BCUT2D eigenvalue weighted by atomic mass is 10.0. The molecule has 1 rings (SSSR count). The summed E-state index contributed by atoms with van der Waals surface area (Å²) >= 11 is 0. The van der Waals surface area contributed by atoms with Gasteiger partial charge in [0.15, 0.2) is 0 Å². The lowest BCUT2D eigenvalue weighted by Gasteiger charge is -2.34. The van der Waals surface area contributed by atoms with Crippen molar-refractivity contribution in [2.45, 2.75) is 52.2 Å². The minimum atomic E-state index is -0.489. The van der Waals surface area contributed by atoms with E-state index in [-0.39, 0.29) is 17.9 Å². The van der Waals surface area contributed by atoms with Crippen molar-refractivity contribution in [3.8, 4) is 0 Å². The van der Waals surface area contributed by atoms with E-state index in [4.69, 9.17) is 10.5 Å². The third kappa shape index (κ3) is 5.36. The SMILES string of the molecule is CC(CN)C(=O)N1CCC(NC(=O)OC(C)(C)C)CC1. The van der Waals surface area contributed by atoms with Crippen molar-refractivity contribution < 1.29 is 14.3 Å². The Morgan fingerprint density at radius 2 is 1.90 bits per heavy atom. The molecule has 1 unspecified atom stereocenters. The topological polar surface area (TPSA) is 84.7 Å². The van der Waals surface area contributed by atoms with Crippen LogP contribution in [0, 0.1) is 5.92 Å². The number of ether oxygens (including phenoxy) is 1. The number of nitrogens with one attached hydrogen (secondary N) is 1. The fourth-order valence-electron chi connectivity index (χ4n) is 2.13. The Morgan fingerprint density at radius 3 is 2.35 bits per heavy atom. The van der Waals surface area contributed by atoms with Crippen LogP contribution in [0.2, 0.25) is 0 Å². The van der Waals surface area contributed by atoms with Gasteiger partial charge in [-0.25, -0.2) is 4.79 Å². The third-order valence-electron chi connectivity index (χ3n) is 3.30. The number of carbonyl (C=O) groups is 2. The van der Waals surface area contributed by atoms with Gasteiger partial charge in [-0.05, 0) is 33.6 Å². The molecule has 0 aliphatic carbocycles. The first-order valence-corrected chi connectivity index (χ1v) is 7.21. The summed E-state index contributed by atoms with van der Waals surface area (Å²) in [4.78, 5) is 25.5. The van der Waals surface area contributed by atoms with Gasteiger partial charge in [0.2, 0.25) is 5.91 Å². The molecular weight excluding hydrogens is 258 g/mol. The molecule has 2 amide bonds. The number of nitrogens with zero attached hydrogens (tertiary/aromatic N) is 1. The molecule has 1 fully saturated rings. The Labute approximate surface area is 121 Å². The largest absolute Gasteiger partial charge is 0.444 e. The number of hydrogen-bond donors (Lipinski definition) is 2. The molecule has 6 heteroatoms. The van der Waals surface area contributed by atoms with E-state index in [2.05, 4.69) is 5.32 Å². The summed E-state index contributed by atoms with van der Waals surface area (Å²) < 4.78 is 5.22. The van der Waals surface area contributed by atoms with Crippen LogP contribution in [0.1, 0.15) is 40.5 Å². The Bertz CT molecular complexity index is 344. The monoisotopic (exact) mass is 285 g/mol.